The number of nitrogens with two attached hydrogens (primary N) is 1. The van der Waals surface area contributed by atoms with E-state index in [-0.39, 0.29) is 6.04 Å². The zero-order valence-corrected chi connectivity index (χ0v) is 12.1. The summed E-state index contributed by atoms with van der Waals surface area (Å²) in [5, 5.41) is 0. The quantitative estimate of drug-likeness (QED) is 0.936. The van der Waals surface area contributed by atoms with Crippen molar-refractivity contribution in [3.05, 3.63) is 63.6 Å². The van der Waals surface area contributed by atoms with E-state index in [4.69, 9.17) is 10.5 Å². The van der Waals surface area contributed by atoms with Crippen molar-refractivity contribution in [3.63, 3.8) is 0 Å². The van der Waals surface area contributed by atoms with Gasteiger partial charge in [0.05, 0.1) is 13.2 Å². The number of hydrogen-bond donors (Lipinski definition) is 1. The Kier molecular flexibility index (Phi) is 4.04. The van der Waals surface area contributed by atoms with Crippen LogP contribution in [0.1, 0.15) is 22.7 Å². The predicted molar refractivity (Wildman–Crippen MR) is 77.9 cm³/mol. The molecule has 1 unspecified atom stereocenters. The molecule has 0 spiro atoms. The maximum atomic E-state index is 6.31. The van der Waals surface area contributed by atoms with Gasteiger partial charge in [-0.3, -0.25) is 0 Å². The first-order valence-corrected chi connectivity index (χ1v) is 6.57. The van der Waals surface area contributed by atoms with E-state index in [0.717, 1.165) is 21.3 Å². The Labute approximate surface area is 116 Å². The van der Waals surface area contributed by atoms with Crippen molar-refractivity contribution >= 4 is 15.9 Å². The fourth-order valence-electron chi connectivity index (χ4n) is 1.90. The van der Waals surface area contributed by atoms with Gasteiger partial charge in [-0.1, -0.05) is 46.3 Å². The van der Waals surface area contributed by atoms with E-state index in [2.05, 4.69) is 28.9 Å². The molecule has 2 N–H and O–H groups in total. The van der Waals surface area contributed by atoms with Gasteiger partial charge in [0.1, 0.15) is 5.75 Å². The second kappa shape index (κ2) is 5.55. The second-order valence-electron chi connectivity index (χ2n) is 4.23. The topological polar surface area (TPSA) is 35.2 Å². The third-order valence-electron chi connectivity index (χ3n) is 3.03. The zero-order chi connectivity index (χ0) is 13.1. The molecule has 3 heteroatoms. The Balaban J connectivity index is 2.35. The molecule has 0 amide bonds. The van der Waals surface area contributed by atoms with E-state index in [1.807, 2.05) is 36.4 Å². The third-order valence-corrected chi connectivity index (χ3v) is 4.11. The summed E-state index contributed by atoms with van der Waals surface area (Å²) in [5.74, 6) is 0.842. The summed E-state index contributed by atoms with van der Waals surface area (Å²) >= 11 is 3.60. The van der Waals surface area contributed by atoms with Crippen LogP contribution in [0.5, 0.6) is 5.75 Å². The van der Waals surface area contributed by atoms with Crippen LogP contribution in [0.4, 0.5) is 0 Å². The molecule has 0 radical (unpaired) electrons. The lowest BCUT2D eigenvalue weighted by Gasteiger charge is -2.16. The molecule has 0 aromatic heterocycles. The van der Waals surface area contributed by atoms with Crippen molar-refractivity contribution in [2.24, 2.45) is 5.73 Å². The van der Waals surface area contributed by atoms with Crippen molar-refractivity contribution in [3.8, 4) is 5.75 Å². The molecule has 2 aromatic carbocycles. The number of halogens is 1. The van der Waals surface area contributed by atoms with Gasteiger partial charge in [-0.15, -0.1) is 0 Å². The third kappa shape index (κ3) is 2.57. The fourth-order valence-corrected chi connectivity index (χ4v) is 2.41. The Morgan fingerprint density at radius 1 is 1.11 bits per heavy atom. The molecule has 1 atom stereocenters. The minimum atomic E-state index is -0.134. The largest absolute Gasteiger partial charge is 0.497 e. The van der Waals surface area contributed by atoms with Crippen LogP contribution in [0.25, 0.3) is 0 Å². The van der Waals surface area contributed by atoms with Crippen molar-refractivity contribution in [1.82, 2.24) is 0 Å². The Bertz CT molecular complexity index is 537. The highest BCUT2D eigenvalue weighted by Gasteiger charge is 2.13. The standard InChI is InChI=1S/C15H16BrNO/c1-10-4-3-5-13(14(10)16)15(17)11-6-8-12(18-2)9-7-11/h3-9,15H,17H2,1-2H3. The highest BCUT2D eigenvalue weighted by Crippen LogP contribution is 2.29. The summed E-state index contributed by atoms with van der Waals surface area (Å²) in [4.78, 5) is 0. The number of hydrogen-bond acceptors (Lipinski definition) is 2. The molecule has 0 heterocycles. The van der Waals surface area contributed by atoms with Crippen LogP contribution in [-0.2, 0) is 0 Å². The lowest BCUT2D eigenvalue weighted by molar-refractivity contribution is 0.414. The first-order chi connectivity index (χ1) is 8.63. The van der Waals surface area contributed by atoms with E-state index < -0.39 is 0 Å². The van der Waals surface area contributed by atoms with Crippen molar-refractivity contribution in [1.29, 1.82) is 0 Å². The summed E-state index contributed by atoms with van der Waals surface area (Å²) in [6, 6.07) is 13.9. The van der Waals surface area contributed by atoms with Crippen molar-refractivity contribution in [2.45, 2.75) is 13.0 Å². The van der Waals surface area contributed by atoms with Gasteiger partial charge in [0.25, 0.3) is 0 Å². The molecule has 0 saturated heterocycles. The van der Waals surface area contributed by atoms with Crippen LogP contribution in [0.3, 0.4) is 0 Å². The van der Waals surface area contributed by atoms with Gasteiger partial charge in [-0.2, -0.15) is 0 Å². The molecule has 0 aliphatic heterocycles. The van der Waals surface area contributed by atoms with E-state index >= 15 is 0 Å². The minimum absolute atomic E-state index is 0.134. The first kappa shape index (κ1) is 13.1. The molecule has 0 fully saturated rings. The van der Waals surface area contributed by atoms with Gasteiger partial charge in [0, 0.05) is 4.47 Å². The highest BCUT2D eigenvalue weighted by molar-refractivity contribution is 9.10. The lowest BCUT2D eigenvalue weighted by Crippen LogP contribution is -2.12. The lowest BCUT2D eigenvalue weighted by atomic mass is 9.98. The van der Waals surface area contributed by atoms with Crippen LogP contribution in [0, 0.1) is 6.92 Å². The molecule has 18 heavy (non-hydrogen) atoms. The second-order valence-corrected chi connectivity index (χ2v) is 5.02. The van der Waals surface area contributed by atoms with Crippen LogP contribution < -0.4 is 10.5 Å². The minimum Gasteiger partial charge on any atom is -0.497 e. The molecule has 94 valence electrons. The normalized spacial score (nSPS) is 12.2. The Morgan fingerprint density at radius 3 is 2.39 bits per heavy atom. The van der Waals surface area contributed by atoms with Crippen LogP contribution in [0.2, 0.25) is 0 Å². The molecule has 0 saturated carbocycles. The van der Waals surface area contributed by atoms with E-state index in [9.17, 15) is 0 Å². The van der Waals surface area contributed by atoms with E-state index in [1.165, 1.54) is 5.56 Å². The molecule has 2 nitrogen and oxygen atoms in total. The molecule has 2 rings (SSSR count). The average molecular weight is 306 g/mol. The van der Waals surface area contributed by atoms with Gasteiger partial charge in [-0.05, 0) is 35.7 Å². The van der Waals surface area contributed by atoms with Gasteiger partial charge in [-0.25, -0.2) is 0 Å². The molecule has 0 aliphatic rings. The molecular formula is C15H16BrNO. The highest BCUT2D eigenvalue weighted by atomic mass is 79.9. The Hall–Kier alpha value is -1.32. The number of methoxy groups -OCH3 is 1. The zero-order valence-electron chi connectivity index (χ0n) is 10.5. The Morgan fingerprint density at radius 2 is 1.78 bits per heavy atom. The maximum Gasteiger partial charge on any atom is 0.118 e. The average Bonchev–Trinajstić information content (AvgIpc) is 2.41. The van der Waals surface area contributed by atoms with Crippen LogP contribution in [-0.4, -0.2) is 7.11 Å². The fraction of sp³-hybridized carbons (Fsp3) is 0.200. The number of benzene rings is 2. The summed E-state index contributed by atoms with van der Waals surface area (Å²) in [7, 11) is 1.66. The SMILES string of the molecule is COc1ccc(C(N)c2cccc(C)c2Br)cc1. The maximum absolute atomic E-state index is 6.31. The monoisotopic (exact) mass is 305 g/mol. The number of aryl methyl sites for hydroxylation is 1. The summed E-state index contributed by atoms with van der Waals surface area (Å²) in [6.07, 6.45) is 0. The summed E-state index contributed by atoms with van der Waals surface area (Å²) in [6.45, 7) is 2.06. The van der Waals surface area contributed by atoms with Gasteiger partial charge >= 0.3 is 0 Å². The van der Waals surface area contributed by atoms with Crippen LogP contribution in [0.15, 0.2) is 46.9 Å². The molecular weight excluding hydrogens is 290 g/mol. The van der Waals surface area contributed by atoms with Gasteiger partial charge in [0.2, 0.25) is 0 Å². The summed E-state index contributed by atoms with van der Waals surface area (Å²) < 4.78 is 6.22. The van der Waals surface area contributed by atoms with E-state index in [0.29, 0.717) is 0 Å². The molecule has 0 bridgehead atoms. The number of ether oxygens (including phenoxy) is 1. The molecule has 2 aromatic rings. The van der Waals surface area contributed by atoms with Crippen molar-refractivity contribution < 1.29 is 4.74 Å². The molecule has 0 aliphatic carbocycles. The summed E-state index contributed by atoms with van der Waals surface area (Å²) in [5.41, 5.74) is 9.67. The van der Waals surface area contributed by atoms with Gasteiger partial charge in [0.15, 0.2) is 0 Å². The van der Waals surface area contributed by atoms with E-state index in [1.54, 1.807) is 7.11 Å². The first-order valence-electron chi connectivity index (χ1n) is 5.78. The van der Waals surface area contributed by atoms with Crippen LogP contribution >= 0.6 is 15.9 Å². The van der Waals surface area contributed by atoms with Gasteiger partial charge < -0.3 is 10.5 Å². The smallest absolute Gasteiger partial charge is 0.118 e. The van der Waals surface area contributed by atoms with Crippen molar-refractivity contribution in [2.75, 3.05) is 7.11 Å². The number of rotatable bonds is 3. The predicted octanol–water partition coefficient (Wildman–Crippen LogP) is 3.81.